The molecule has 144 valence electrons. The van der Waals surface area contributed by atoms with Crippen LogP contribution in [0.4, 0.5) is 0 Å². The van der Waals surface area contributed by atoms with Crippen LogP contribution in [0.25, 0.3) is 0 Å². The molecule has 1 amide bonds. The quantitative estimate of drug-likeness (QED) is 0.874. The molecule has 6 nitrogen and oxygen atoms in total. The first kappa shape index (κ1) is 19.1. The molecule has 1 atom stereocenters. The number of aryl methyl sites for hydroxylation is 2. The van der Waals surface area contributed by atoms with Crippen molar-refractivity contribution in [3.8, 4) is 0 Å². The zero-order valence-corrected chi connectivity index (χ0v) is 16.1. The number of carboxylic acids is 1. The molecule has 0 spiro atoms. The minimum Gasteiger partial charge on any atom is -0.481 e. The number of carbonyl (C=O) groups excluding carboxylic acids is 1. The van der Waals surface area contributed by atoms with Crippen molar-refractivity contribution in [3.05, 3.63) is 52.9 Å². The van der Waals surface area contributed by atoms with Crippen molar-refractivity contribution in [2.24, 2.45) is 5.92 Å². The summed E-state index contributed by atoms with van der Waals surface area (Å²) in [5.41, 5.74) is 1.70. The van der Waals surface area contributed by atoms with Crippen LogP contribution in [-0.2, 0) is 21.4 Å². The van der Waals surface area contributed by atoms with Crippen LogP contribution in [0.3, 0.4) is 0 Å². The minimum atomic E-state index is -0.914. The predicted octanol–water partition coefficient (Wildman–Crippen LogP) is 3.12. The molecular weight excluding hydrogens is 344 g/mol. The van der Waals surface area contributed by atoms with E-state index in [1.165, 1.54) is 0 Å². The molecule has 27 heavy (non-hydrogen) atoms. The molecule has 1 saturated heterocycles. The van der Waals surface area contributed by atoms with E-state index >= 15 is 0 Å². The third kappa shape index (κ3) is 3.61. The first-order valence-corrected chi connectivity index (χ1v) is 9.34. The lowest BCUT2D eigenvalue weighted by atomic mass is 9.72. The summed E-state index contributed by atoms with van der Waals surface area (Å²) in [6, 6.07) is 9.35. The molecule has 1 aromatic carbocycles. The van der Waals surface area contributed by atoms with E-state index in [1.807, 2.05) is 51.1 Å². The van der Waals surface area contributed by atoms with Gasteiger partial charge in [0.15, 0.2) is 0 Å². The van der Waals surface area contributed by atoms with Gasteiger partial charge in [-0.25, -0.2) is 0 Å². The summed E-state index contributed by atoms with van der Waals surface area (Å²) in [7, 11) is 0. The van der Waals surface area contributed by atoms with Crippen molar-refractivity contribution in [1.82, 2.24) is 10.1 Å². The molecule has 0 unspecified atom stereocenters. The molecule has 1 aromatic heterocycles. The SMILES string of the molecule is Cc1noc(C)c1C[C@H](C)C(=O)N1CCC(C(=O)O)(c2ccccc2)CC1. The highest BCUT2D eigenvalue weighted by Crippen LogP contribution is 2.36. The second-order valence-corrected chi connectivity index (χ2v) is 7.49. The topological polar surface area (TPSA) is 83.6 Å². The number of amides is 1. The average molecular weight is 370 g/mol. The highest BCUT2D eigenvalue weighted by Gasteiger charge is 2.44. The van der Waals surface area contributed by atoms with Crippen molar-refractivity contribution < 1.29 is 19.2 Å². The Balaban J connectivity index is 1.69. The highest BCUT2D eigenvalue weighted by molar-refractivity contribution is 5.83. The Labute approximate surface area is 159 Å². The van der Waals surface area contributed by atoms with E-state index < -0.39 is 11.4 Å². The van der Waals surface area contributed by atoms with E-state index in [1.54, 1.807) is 4.90 Å². The smallest absolute Gasteiger partial charge is 0.314 e. The van der Waals surface area contributed by atoms with Gasteiger partial charge in [0.05, 0.1) is 11.1 Å². The lowest BCUT2D eigenvalue weighted by Crippen LogP contribution is -2.50. The van der Waals surface area contributed by atoms with Crippen molar-refractivity contribution in [2.45, 2.75) is 45.4 Å². The summed E-state index contributed by atoms with van der Waals surface area (Å²) in [5.74, 6) is -0.206. The maximum absolute atomic E-state index is 12.9. The van der Waals surface area contributed by atoms with Gasteiger partial charge in [-0.05, 0) is 38.7 Å². The molecule has 0 saturated carbocycles. The Morgan fingerprint density at radius 3 is 2.37 bits per heavy atom. The van der Waals surface area contributed by atoms with Gasteiger partial charge in [-0.3, -0.25) is 9.59 Å². The number of piperidine rings is 1. The predicted molar refractivity (Wildman–Crippen MR) is 100 cm³/mol. The standard InChI is InChI=1S/C21H26N2O4/c1-14(13-18-15(2)22-27-16(18)3)19(24)23-11-9-21(10-12-23,20(25)26)17-7-5-4-6-8-17/h4-8,14H,9-13H2,1-3H3,(H,25,26)/t14-/m0/s1. The summed E-state index contributed by atoms with van der Waals surface area (Å²) in [6.07, 6.45) is 1.44. The number of hydrogen-bond acceptors (Lipinski definition) is 4. The number of benzene rings is 1. The molecule has 0 bridgehead atoms. The van der Waals surface area contributed by atoms with Crippen molar-refractivity contribution in [3.63, 3.8) is 0 Å². The van der Waals surface area contributed by atoms with Gasteiger partial charge in [0.25, 0.3) is 0 Å². The van der Waals surface area contributed by atoms with Crippen LogP contribution in [0.5, 0.6) is 0 Å². The van der Waals surface area contributed by atoms with Crippen LogP contribution in [-0.4, -0.2) is 40.1 Å². The monoisotopic (exact) mass is 370 g/mol. The second kappa shape index (κ2) is 7.55. The van der Waals surface area contributed by atoms with Gasteiger partial charge in [-0.1, -0.05) is 42.4 Å². The van der Waals surface area contributed by atoms with Crippen LogP contribution in [0, 0.1) is 19.8 Å². The summed E-state index contributed by atoms with van der Waals surface area (Å²) < 4.78 is 5.18. The van der Waals surface area contributed by atoms with Gasteiger partial charge in [0, 0.05) is 24.6 Å². The maximum Gasteiger partial charge on any atom is 0.314 e. The van der Waals surface area contributed by atoms with E-state index in [0.29, 0.717) is 32.4 Å². The lowest BCUT2D eigenvalue weighted by Gasteiger charge is -2.40. The molecule has 1 aliphatic rings. The Hall–Kier alpha value is -2.63. The van der Waals surface area contributed by atoms with Gasteiger partial charge in [0.2, 0.25) is 5.91 Å². The number of nitrogens with zero attached hydrogens (tertiary/aromatic N) is 2. The van der Waals surface area contributed by atoms with E-state index in [9.17, 15) is 14.7 Å². The normalized spacial score (nSPS) is 17.5. The minimum absolute atomic E-state index is 0.0575. The first-order valence-electron chi connectivity index (χ1n) is 9.34. The number of aliphatic carboxylic acids is 1. The molecule has 2 aromatic rings. The largest absolute Gasteiger partial charge is 0.481 e. The fourth-order valence-corrected chi connectivity index (χ4v) is 3.99. The van der Waals surface area contributed by atoms with E-state index in [4.69, 9.17) is 4.52 Å². The van der Waals surface area contributed by atoms with Gasteiger partial charge < -0.3 is 14.5 Å². The van der Waals surface area contributed by atoms with Crippen LogP contribution >= 0.6 is 0 Å². The molecule has 3 rings (SSSR count). The van der Waals surface area contributed by atoms with Crippen molar-refractivity contribution >= 4 is 11.9 Å². The Kier molecular flexibility index (Phi) is 5.35. The molecule has 2 heterocycles. The van der Waals surface area contributed by atoms with Gasteiger partial charge >= 0.3 is 5.97 Å². The second-order valence-electron chi connectivity index (χ2n) is 7.49. The summed E-state index contributed by atoms with van der Waals surface area (Å²) >= 11 is 0. The lowest BCUT2D eigenvalue weighted by molar-refractivity contribution is -0.149. The number of carbonyl (C=O) groups is 2. The molecule has 1 fully saturated rings. The van der Waals surface area contributed by atoms with Crippen LogP contribution in [0.15, 0.2) is 34.9 Å². The third-order valence-corrected chi connectivity index (χ3v) is 5.78. The molecule has 0 aliphatic carbocycles. The van der Waals surface area contributed by atoms with Crippen molar-refractivity contribution in [1.29, 1.82) is 0 Å². The molecule has 6 heteroatoms. The third-order valence-electron chi connectivity index (χ3n) is 5.78. The number of carboxylic acid groups (broad SMARTS) is 1. The van der Waals surface area contributed by atoms with E-state index in [0.717, 1.165) is 22.6 Å². The fraction of sp³-hybridized carbons (Fsp3) is 0.476. The van der Waals surface area contributed by atoms with Gasteiger partial charge in [-0.15, -0.1) is 0 Å². The zero-order chi connectivity index (χ0) is 19.6. The van der Waals surface area contributed by atoms with Crippen LogP contribution in [0.2, 0.25) is 0 Å². The number of rotatable bonds is 5. The Morgan fingerprint density at radius 2 is 1.85 bits per heavy atom. The van der Waals surface area contributed by atoms with Crippen LogP contribution in [0.1, 0.15) is 42.3 Å². The van der Waals surface area contributed by atoms with Crippen molar-refractivity contribution in [2.75, 3.05) is 13.1 Å². The maximum atomic E-state index is 12.9. The number of likely N-dealkylation sites (tertiary alicyclic amines) is 1. The highest BCUT2D eigenvalue weighted by atomic mass is 16.5. The number of hydrogen-bond donors (Lipinski definition) is 1. The molecule has 1 N–H and O–H groups in total. The Bertz CT molecular complexity index is 800. The molecular formula is C21H26N2O4. The summed E-state index contributed by atoms with van der Waals surface area (Å²) in [4.78, 5) is 26.7. The van der Waals surface area contributed by atoms with E-state index in [-0.39, 0.29) is 11.8 Å². The zero-order valence-electron chi connectivity index (χ0n) is 16.1. The van der Waals surface area contributed by atoms with Gasteiger partial charge in [0.1, 0.15) is 5.76 Å². The average Bonchev–Trinajstić information content (AvgIpc) is 3.00. The Morgan fingerprint density at radius 1 is 1.22 bits per heavy atom. The van der Waals surface area contributed by atoms with Gasteiger partial charge in [-0.2, -0.15) is 0 Å². The van der Waals surface area contributed by atoms with E-state index in [2.05, 4.69) is 5.16 Å². The first-order chi connectivity index (χ1) is 12.8. The molecule has 0 radical (unpaired) electrons. The number of aromatic nitrogens is 1. The van der Waals surface area contributed by atoms with Crippen LogP contribution < -0.4 is 0 Å². The fourth-order valence-electron chi connectivity index (χ4n) is 3.99. The summed E-state index contributed by atoms with van der Waals surface area (Å²) in [6.45, 7) is 6.54. The summed E-state index contributed by atoms with van der Waals surface area (Å²) in [5, 5.41) is 13.8. The molecule has 1 aliphatic heterocycles.